The van der Waals surface area contributed by atoms with Crippen molar-refractivity contribution in [3.05, 3.63) is 35.4 Å². The van der Waals surface area contributed by atoms with Crippen LogP contribution in [0.25, 0.3) is 0 Å². The van der Waals surface area contributed by atoms with Crippen LogP contribution in [0.15, 0.2) is 18.2 Å². The maximum atomic E-state index is 13.4. The van der Waals surface area contributed by atoms with Crippen molar-refractivity contribution >= 4 is 5.91 Å². The summed E-state index contributed by atoms with van der Waals surface area (Å²) >= 11 is 0. The number of carbonyl (C=O) groups excluding carboxylic acids is 1. The Morgan fingerprint density at radius 3 is 2.65 bits per heavy atom. The van der Waals surface area contributed by atoms with E-state index in [1.54, 1.807) is 6.92 Å². The number of rotatable bonds is 6. The average molecular weight is 285 g/mol. The molecule has 0 aliphatic heterocycles. The molecule has 1 aromatic rings. The second kappa shape index (κ2) is 6.79. The van der Waals surface area contributed by atoms with Gasteiger partial charge in [0.2, 0.25) is 5.91 Å². The summed E-state index contributed by atoms with van der Waals surface area (Å²) < 4.78 is 26.4. The van der Waals surface area contributed by atoms with Crippen molar-refractivity contribution in [3.8, 4) is 0 Å². The molecule has 0 aliphatic rings. The molecule has 0 spiro atoms. The van der Waals surface area contributed by atoms with Crippen LogP contribution in [0.2, 0.25) is 0 Å². The lowest BCUT2D eigenvalue weighted by molar-refractivity contribution is -0.121. The van der Waals surface area contributed by atoms with E-state index in [0.717, 1.165) is 6.07 Å². The highest BCUT2D eigenvalue weighted by Gasteiger charge is 2.22. The third-order valence-corrected chi connectivity index (χ3v) is 2.90. The van der Waals surface area contributed by atoms with E-state index >= 15 is 0 Å². The highest BCUT2D eigenvalue weighted by atomic mass is 19.2. The van der Waals surface area contributed by atoms with Crippen molar-refractivity contribution < 1.29 is 18.7 Å². The number of benzene rings is 1. The van der Waals surface area contributed by atoms with Gasteiger partial charge in [0, 0.05) is 12.1 Å². The fourth-order valence-electron chi connectivity index (χ4n) is 2.16. The molecule has 0 heterocycles. The fraction of sp³-hybridized carbons (Fsp3) is 0.533. The number of halogens is 2. The molecule has 1 amide bonds. The molecular formula is C15H21F2NO2. The second-order valence-electron chi connectivity index (χ2n) is 5.76. The summed E-state index contributed by atoms with van der Waals surface area (Å²) in [5.41, 5.74) is -1.00. The highest BCUT2D eigenvalue weighted by molar-refractivity contribution is 5.78. The van der Waals surface area contributed by atoms with Crippen molar-refractivity contribution in [2.75, 3.05) is 6.54 Å². The minimum absolute atomic E-state index is 0.00556. The molecule has 0 bridgehead atoms. The Bertz CT molecular complexity index is 473. The summed E-state index contributed by atoms with van der Waals surface area (Å²) in [5.74, 6) is -2.13. The van der Waals surface area contributed by atoms with Gasteiger partial charge in [0.15, 0.2) is 11.6 Å². The van der Waals surface area contributed by atoms with E-state index in [4.69, 9.17) is 0 Å². The van der Waals surface area contributed by atoms with E-state index < -0.39 is 23.1 Å². The molecule has 0 fully saturated rings. The Labute approximate surface area is 118 Å². The maximum Gasteiger partial charge on any atom is 0.224 e. The zero-order valence-electron chi connectivity index (χ0n) is 12.0. The van der Waals surface area contributed by atoms with E-state index in [-0.39, 0.29) is 18.5 Å². The van der Waals surface area contributed by atoms with Gasteiger partial charge < -0.3 is 10.4 Å². The quantitative estimate of drug-likeness (QED) is 0.843. The Balaban J connectivity index is 2.54. The van der Waals surface area contributed by atoms with Gasteiger partial charge in [-0.25, -0.2) is 8.78 Å². The zero-order valence-corrected chi connectivity index (χ0v) is 12.0. The summed E-state index contributed by atoms with van der Waals surface area (Å²) in [5, 5.41) is 12.6. The minimum Gasteiger partial charge on any atom is -0.388 e. The van der Waals surface area contributed by atoms with Gasteiger partial charge in [0.1, 0.15) is 0 Å². The van der Waals surface area contributed by atoms with Crippen LogP contribution < -0.4 is 5.32 Å². The van der Waals surface area contributed by atoms with Crippen molar-refractivity contribution in [2.45, 2.75) is 39.2 Å². The van der Waals surface area contributed by atoms with Crippen LogP contribution in [-0.2, 0) is 11.2 Å². The highest BCUT2D eigenvalue weighted by Crippen LogP contribution is 2.15. The lowest BCUT2D eigenvalue weighted by Crippen LogP contribution is -2.42. The Hall–Kier alpha value is -1.49. The third kappa shape index (κ3) is 5.25. The van der Waals surface area contributed by atoms with Crippen LogP contribution in [-0.4, -0.2) is 23.2 Å². The van der Waals surface area contributed by atoms with Gasteiger partial charge in [-0.1, -0.05) is 26.0 Å². The summed E-state index contributed by atoms with van der Waals surface area (Å²) in [4.78, 5) is 11.7. The van der Waals surface area contributed by atoms with E-state index in [0.29, 0.717) is 12.3 Å². The largest absolute Gasteiger partial charge is 0.388 e. The molecule has 112 valence electrons. The standard InChI is InChI=1S/C15H21F2NO2/c1-10(2)8-15(3,20)9-18-13(19)7-11-5-4-6-12(16)14(11)17/h4-6,10,20H,7-9H2,1-3H3,(H,18,19). The first-order chi connectivity index (χ1) is 9.21. The van der Waals surface area contributed by atoms with Crippen LogP contribution in [0.5, 0.6) is 0 Å². The molecule has 20 heavy (non-hydrogen) atoms. The number of amides is 1. The molecular weight excluding hydrogens is 264 g/mol. The molecule has 1 atom stereocenters. The number of nitrogens with one attached hydrogen (secondary N) is 1. The second-order valence-corrected chi connectivity index (χ2v) is 5.76. The van der Waals surface area contributed by atoms with E-state index in [9.17, 15) is 18.7 Å². The SMILES string of the molecule is CC(C)CC(C)(O)CNC(=O)Cc1cccc(F)c1F. The van der Waals surface area contributed by atoms with Crippen molar-refractivity contribution in [2.24, 2.45) is 5.92 Å². The van der Waals surface area contributed by atoms with Gasteiger partial charge in [-0.3, -0.25) is 4.79 Å². The van der Waals surface area contributed by atoms with Gasteiger partial charge >= 0.3 is 0 Å². The molecule has 1 aromatic carbocycles. The van der Waals surface area contributed by atoms with E-state index in [2.05, 4.69) is 5.32 Å². The van der Waals surface area contributed by atoms with Crippen LogP contribution in [0, 0.1) is 17.6 Å². The van der Waals surface area contributed by atoms with Crippen LogP contribution in [0.4, 0.5) is 8.78 Å². The minimum atomic E-state index is -1.01. The summed E-state index contributed by atoms with van der Waals surface area (Å²) in [6.07, 6.45) is 0.295. The molecule has 5 heteroatoms. The smallest absolute Gasteiger partial charge is 0.224 e. The van der Waals surface area contributed by atoms with Crippen molar-refractivity contribution in [1.29, 1.82) is 0 Å². The molecule has 1 rings (SSSR count). The predicted molar refractivity (Wildman–Crippen MR) is 73.2 cm³/mol. The Morgan fingerprint density at radius 1 is 1.40 bits per heavy atom. The summed E-state index contributed by atoms with van der Waals surface area (Å²) in [6.45, 7) is 5.66. The van der Waals surface area contributed by atoms with E-state index in [1.165, 1.54) is 12.1 Å². The first kappa shape index (κ1) is 16.6. The Morgan fingerprint density at radius 2 is 2.05 bits per heavy atom. The first-order valence-electron chi connectivity index (χ1n) is 6.63. The lowest BCUT2D eigenvalue weighted by atomic mass is 9.94. The van der Waals surface area contributed by atoms with Crippen LogP contribution in [0.1, 0.15) is 32.8 Å². The monoisotopic (exact) mass is 285 g/mol. The molecule has 3 nitrogen and oxygen atoms in total. The number of aliphatic hydroxyl groups is 1. The fourth-order valence-corrected chi connectivity index (χ4v) is 2.16. The topological polar surface area (TPSA) is 49.3 Å². The normalized spacial score (nSPS) is 14.2. The number of hydrogen-bond acceptors (Lipinski definition) is 2. The van der Waals surface area contributed by atoms with Crippen molar-refractivity contribution in [3.63, 3.8) is 0 Å². The van der Waals surface area contributed by atoms with Gasteiger partial charge in [0.05, 0.1) is 12.0 Å². The first-order valence-corrected chi connectivity index (χ1v) is 6.63. The zero-order chi connectivity index (χ0) is 15.3. The van der Waals surface area contributed by atoms with Crippen molar-refractivity contribution in [1.82, 2.24) is 5.32 Å². The molecule has 0 radical (unpaired) electrons. The maximum absolute atomic E-state index is 13.4. The summed E-state index contributed by atoms with van der Waals surface area (Å²) in [6, 6.07) is 3.73. The van der Waals surface area contributed by atoms with Gasteiger partial charge in [-0.05, 0) is 25.3 Å². The van der Waals surface area contributed by atoms with Gasteiger partial charge in [0.25, 0.3) is 0 Å². The van der Waals surface area contributed by atoms with Gasteiger partial charge in [-0.15, -0.1) is 0 Å². The predicted octanol–water partition coefficient (Wildman–Crippen LogP) is 2.42. The summed E-state index contributed by atoms with van der Waals surface area (Å²) in [7, 11) is 0. The van der Waals surface area contributed by atoms with Crippen LogP contribution >= 0.6 is 0 Å². The third-order valence-electron chi connectivity index (χ3n) is 2.90. The average Bonchev–Trinajstić information content (AvgIpc) is 2.31. The Kier molecular flexibility index (Phi) is 5.62. The molecule has 0 aliphatic carbocycles. The lowest BCUT2D eigenvalue weighted by Gasteiger charge is -2.25. The molecule has 0 aromatic heterocycles. The van der Waals surface area contributed by atoms with Crippen LogP contribution in [0.3, 0.4) is 0 Å². The molecule has 0 saturated heterocycles. The molecule has 2 N–H and O–H groups in total. The number of carbonyl (C=O) groups is 1. The number of hydrogen-bond donors (Lipinski definition) is 2. The van der Waals surface area contributed by atoms with E-state index in [1.807, 2.05) is 13.8 Å². The van der Waals surface area contributed by atoms with Gasteiger partial charge in [-0.2, -0.15) is 0 Å². The molecule has 1 unspecified atom stereocenters. The molecule has 0 saturated carbocycles.